The van der Waals surface area contributed by atoms with Crippen molar-refractivity contribution in [2.24, 2.45) is 0 Å². The first-order valence-electron chi connectivity index (χ1n) is 7.05. The average Bonchev–Trinajstić information content (AvgIpc) is 2.50. The molecule has 0 saturated carbocycles. The van der Waals surface area contributed by atoms with Gasteiger partial charge >= 0.3 is 0 Å². The highest BCUT2D eigenvalue weighted by Gasteiger charge is 2.16. The molecule has 100 valence electrons. The van der Waals surface area contributed by atoms with E-state index in [1.54, 1.807) is 11.1 Å². The summed E-state index contributed by atoms with van der Waals surface area (Å²) < 4.78 is 0. The Kier molecular flexibility index (Phi) is 4.41. The monoisotopic (exact) mass is 246 g/mol. The molecular formula is C16H26N2. The van der Waals surface area contributed by atoms with Crippen LogP contribution in [0.15, 0.2) is 18.2 Å². The van der Waals surface area contributed by atoms with Crippen LogP contribution in [0.25, 0.3) is 0 Å². The van der Waals surface area contributed by atoms with Gasteiger partial charge in [0.1, 0.15) is 0 Å². The second kappa shape index (κ2) is 5.85. The Morgan fingerprint density at radius 1 is 1.11 bits per heavy atom. The molecule has 0 fully saturated rings. The number of fused-ring (bicyclic) bond motifs is 1. The molecule has 1 aromatic carbocycles. The van der Waals surface area contributed by atoms with Crippen LogP contribution in [-0.2, 0) is 19.4 Å². The Labute approximate surface area is 112 Å². The van der Waals surface area contributed by atoms with Gasteiger partial charge in [0, 0.05) is 25.7 Å². The molecule has 0 aliphatic carbocycles. The van der Waals surface area contributed by atoms with Crippen LogP contribution in [0, 0.1) is 0 Å². The molecule has 18 heavy (non-hydrogen) atoms. The second-order valence-electron chi connectivity index (χ2n) is 5.97. The van der Waals surface area contributed by atoms with Gasteiger partial charge in [-0.15, -0.1) is 0 Å². The van der Waals surface area contributed by atoms with Crippen molar-refractivity contribution < 1.29 is 0 Å². The normalized spacial score (nSPS) is 17.0. The molecule has 0 radical (unpaired) electrons. The van der Waals surface area contributed by atoms with Crippen molar-refractivity contribution in [3.05, 3.63) is 34.9 Å². The van der Waals surface area contributed by atoms with E-state index in [1.165, 1.54) is 31.5 Å². The minimum Gasteiger partial charge on any atom is -0.305 e. The van der Waals surface area contributed by atoms with Crippen LogP contribution in [0.4, 0.5) is 0 Å². The summed E-state index contributed by atoms with van der Waals surface area (Å²) in [6.07, 6.45) is 2.41. The summed E-state index contributed by atoms with van der Waals surface area (Å²) in [5.41, 5.74) is 4.56. The Balaban J connectivity index is 2.13. The van der Waals surface area contributed by atoms with Crippen molar-refractivity contribution in [2.75, 3.05) is 27.2 Å². The zero-order valence-corrected chi connectivity index (χ0v) is 12.2. The van der Waals surface area contributed by atoms with Crippen molar-refractivity contribution >= 4 is 0 Å². The van der Waals surface area contributed by atoms with Crippen molar-refractivity contribution in [3.63, 3.8) is 0 Å². The van der Waals surface area contributed by atoms with Crippen LogP contribution in [0.3, 0.4) is 0 Å². The van der Waals surface area contributed by atoms with Crippen LogP contribution >= 0.6 is 0 Å². The Bertz CT molecular complexity index is 396. The fraction of sp³-hybridized carbons (Fsp3) is 0.625. The van der Waals surface area contributed by atoms with Crippen LogP contribution in [0.5, 0.6) is 0 Å². The Morgan fingerprint density at radius 3 is 2.39 bits per heavy atom. The number of hydrogen-bond donors (Lipinski definition) is 0. The lowest BCUT2D eigenvalue weighted by atomic mass is 10.00. The lowest BCUT2D eigenvalue weighted by molar-refractivity contribution is 0.233. The molecule has 0 amide bonds. The van der Waals surface area contributed by atoms with Gasteiger partial charge in [0.25, 0.3) is 0 Å². The Hall–Kier alpha value is -0.860. The first-order chi connectivity index (χ1) is 8.56. The maximum Gasteiger partial charge on any atom is 0.0227 e. The second-order valence-corrected chi connectivity index (χ2v) is 5.97. The molecule has 0 bridgehead atoms. The fourth-order valence-corrected chi connectivity index (χ4v) is 2.78. The van der Waals surface area contributed by atoms with E-state index >= 15 is 0 Å². The van der Waals surface area contributed by atoms with E-state index in [2.05, 4.69) is 55.9 Å². The van der Waals surface area contributed by atoms with E-state index in [1.807, 2.05) is 0 Å². The third-order valence-electron chi connectivity index (χ3n) is 3.84. The lowest BCUT2D eigenvalue weighted by Gasteiger charge is -2.23. The summed E-state index contributed by atoms with van der Waals surface area (Å²) in [6.45, 7) is 8.05. The zero-order chi connectivity index (χ0) is 13.1. The number of nitrogens with zero attached hydrogens (tertiary/aromatic N) is 2. The van der Waals surface area contributed by atoms with E-state index in [0.717, 1.165) is 6.54 Å². The standard InChI is InChI=1S/C16H26N2/c1-13(2)18-9-7-15-6-5-14(12-17(3)4)11-16(15)8-10-18/h5-6,11,13H,7-10,12H2,1-4H3. The molecule has 0 saturated heterocycles. The van der Waals surface area contributed by atoms with Gasteiger partial charge in [0.05, 0.1) is 0 Å². The lowest BCUT2D eigenvalue weighted by Crippen LogP contribution is -2.32. The minimum absolute atomic E-state index is 0.667. The molecule has 0 unspecified atom stereocenters. The topological polar surface area (TPSA) is 6.48 Å². The largest absolute Gasteiger partial charge is 0.305 e. The molecule has 2 nitrogen and oxygen atoms in total. The summed E-state index contributed by atoms with van der Waals surface area (Å²) >= 11 is 0. The number of rotatable bonds is 3. The van der Waals surface area contributed by atoms with Gasteiger partial charge in [-0.25, -0.2) is 0 Å². The highest BCUT2D eigenvalue weighted by Crippen LogP contribution is 2.19. The first kappa shape index (κ1) is 13.6. The average molecular weight is 246 g/mol. The molecule has 0 N–H and O–H groups in total. The molecular weight excluding hydrogens is 220 g/mol. The van der Waals surface area contributed by atoms with Crippen molar-refractivity contribution in [1.82, 2.24) is 9.80 Å². The molecule has 1 aliphatic rings. The van der Waals surface area contributed by atoms with Crippen molar-refractivity contribution in [3.8, 4) is 0 Å². The number of benzene rings is 1. The predicted octanol–water partition coefficient (Wildman–Crippen LogP) is 2.56. The molecule has 2 rings (SSSR count). The molecule has 0 atom stereocenters. The van der Waals surface area contributed by atoms with Gasteiger partial charge < -0.3 is 9.80 Å². The summed E-state index contributed by atoms with van der Waals surface area (Å²) in [5, 5.41) is 0. The van der Waals surface area contributed by atoms with Gasteiger partial charge in [-0.1, -0.05) is 18.2 Å². The highest BCUT2D eigenvalue weighted by atomic mass is 15.1. The molecule has 0 spiro atoms. The van der Waals surface area contributed by atoms with Crippen LogP contribution in [-0.4, -0.2) is 43.0 Å². The van der Waals surface area contributed by atoms with E-state index in [4.69, 9.17) is 0 Å². The third-order valence-corrected chi connectivity index (χ3v) is 3.84. The van der Waals surface area contributed by atoms with Crippen LogP contribution in [0.2, 0.25) is 0 Å². The van der Waals surface area contributed by atoms with Gasteiger partial charge in [-0.3, -0.25) is 0 Å². The first-order valence-corrected chi connectivity index (χ1v) is 7.05. The smallest absolute Gasteiger partial charge is 0.0227 e. The molecule has 1 heterocycles. The Morgan fingerprint density at radius 2 is 1.78 bits per heavy atom. The minimum atomic E-state index is 0.667. The maximum absolute atomic E-state index is 2.59. The van der Waals surface area contributed by atoms with E-state index in [9.17, 15) is 0 Å². The van der Waals surface area contributed by atoms with Crippen molar-refractivity contribution in [2.45, 2.75) is 39.3 Å². The molecule has 1 aliphatic heterocycles. The summed E-state index contributed by atoms with van der Waals surface area (Å²) in [4.78, 5) is 4.82. The van der Waals surface area contributed by atoms with Gasteiger partial charge in [0.15, 0.2) is 0 Å². The zero-order valence-electron chi connectivity index (χ0n) is 12.2. The molecule has 1 aromatic rings. The van der Waals surface area contributed by atoms with Gasteiger partial charge in [-0.2, -0.15) is 0 Å². The maximum atomic E-state index is 2.59. The third kappa shape index (κ3) is 3.33. The highest BCUT2D eigenvalue weighted by molar-refractivity contribution is 5.33. The van der Waals surface area contributed by atoms with E-state index in [-0.39, 0.29) is 0 Å². The summed E-state index contributed by atoms with van der Waals surface area (Å²) in [5.74, 6) is 0. The van der Waals surface area contributed by atoms with Crippen LogP contribution < -0.4 is 0 Å². The summed E-state index contributed by atoms with van der Waals surface area (Å²) in [6, 6.07) is 7.72. The van der Waals surface area contributed by atoms with Crippen LogP contribution in [0.1, 0.15) is 30.5 Å². The quantitative estimate of drug-likeness (QED) is 0.809. The van der Waals surface area contributed by atoms with E-state index < -0.39 is 0 Å². The SMILES string of the molecule is CC(C)N1CCc2ccc(CN(C)C)cc2CC1. The molecule has 0 aromatic heterocycles. The van der Waals surface area contributed by atoms with Crippen molar-refractivity contribution in [1.29, 1.82) is 0 Å². The molecule has 2 heteroatoms. The fourth-order valence-electron chi connectivity index (χ4n) is 2.78. The predicted molar refractivity (Wildman–Crippen MR) is 78.0 cm³/mol. The summed E-state index contributed by atoms with van der Waals surface area (Å²) in [7, 11) is 4.26. The van der Waals surface area contributed by atoms with Gasteiger partial charge in [-0.05, 0) is 57.5 Å². The number of hydrogen-bond acceptors (Lipinski definition) is 2. The van der Waals surface area contributed by atoms with Gasteiger partial charge in [0.2, 0.25) is 0 Å². The van der Waals surface area contributed by atoms with E-state index in [0.29, 0.717) is 6.04 Å².